The Morgan fingerprint density at radius 3 is 2.56 bits per heavy atom. The minimum Gasteiger partial charge on any atom is -0.493 e. The number of piperidine rings is 1. The first-order chi connectivity index (χ1) is 11.7. The van der Waals surface area contributed by atoms with Crippen molar-refractivity contribution >= 4 is 18.2 Å². The lowest BCUT2D eigenvalue weighted by Gasteiger charge is -2.31. The molecular formula is C19H30ClN3O2. The van der Waals surface area contributed by atoms with Crippen molar-refractivity contribution in [1.82, 2.24) is 15.1 Å². The Balaban J connectivity index is 0.00000225. The number of nitrogens with one attached hydrogen (secondary N) is 1. The summed E-state index contributed by atoms with van der Waals surface area (Å²) in [4.78, 5) is 17.3. The van der Waals surface area contributed by atoms with Gasteiger partial charge in [-0.2, -0.15) is 0 Å². The van der Waals surface area contributed by atoms with Gasteiger partial charge in [-0.15, -0.1) is 12.4 Å². The lowest BCUT2D eigenvalue weighted by atomic mass is 9.99. The maximum absolute atomic E-state index is 12.7. The largest absolute Gasteiger partial charge is 0.493 e. The maximum atomic E-state index is 12.7. The Morgan fingerprint density at radius 2 is 1.84 bits per heavy atom. The highest BCUT2D eigenvalue weighted by Gasteiger charge is 2.20. The van der Waals surface area contributed by atoms with Crippen LogP contribution >= 0.6 is 12.4 Å². The second-order valence-corrected chi connectivity index (χ2v) is 7.00. The zero-order valence-electron chi connectivity index (χ0n) is 15.1. The molecule has 0 radical (unpaired) electrons. The predicted octanol–water partition coefficient (Wildman–Crippen LogP) is 1.92. The number of hydrogen-bond acceptors (Lipinski definition) is 5. The van der Waals surface area contributed by atoms with Gasteiger partial charge in [0.2, 0.25) is 0 Å². The number of piperazine rings is 1. The molecule has 25 heavy (non-hydrogen) atoms. The summed E-state index contributed by atoms with van der Waals surface area (Å²) in [6.45, 7) is 7.31. The van der Waals surface area contributed by atoms with Crippen molar-refractivity contribution in [3.05, 3.63) is 29.8 Å². The number of rotatable bonds is 6. The van der Waals surface area contributed by atoms with Crippen molar-refractivity contribution in [2.45, 2.75) is 12.8 Å². The van der Waals surface area contributed by atoms with Gasteiger partial charge in [-0.25, -0.2) is 0 Å². The van der Waals surface area contributed by atoms with Crippen LogP contribution in [0.4, 0.5) is 0 Å². The van der Waals surface area contributed by atoms with Crippen LogP contribution in [0.25, 0.3) is 0 Å². The van der Waals surface area contributed by atoms with E-state index in [9.17, 15) is 4.79 Å². The highest BCUT2D eigenvalue weighted by Crippen LogP contribution is 2.21. The molecule has 0 spiro atoms. The molecule has 0 amide bonds. The molecule has 2 saturated heterocycles. The van der Waals surface area contributed by atoms with E-state index in [2.05, 4.69) is 22.2 Å². The molecule has 1 N–H and O–H groups in total. The van der Waals surface area contributed by atoms with Crippen molar-refractivity contribution in [2.24, 2.45) is 5.92 Å². The van der Waals surface area contributed by atoms with E-state index in [1.807, 2.05) is 24.3 Å². The number of likely N-dealkylation sites (N-methyl/N-ethyl adjacent to an activating group) is 1. The number of halogens is 1. The Bertz CT molecular complexity index is 541. The molecule has 2 fully saturated rings. The number of carbonyl (C=O) groups excluding carboxylic acids is 1. The van der Waals surface area contributed by atoms with Crippen LogP contribution in [0.1, 0.15) is 23.2 Å². The van der Waals surface area contributed by atoms with Crippen molar-refractivity contribution in [3.63, 3.8) is 0 Å². The molecule has 140 valence electrons. The SMILES string of the molecule is CN1CCN(CC(=O)c2ccccc2OCC2CCNCC2)CC1.Cl. The molecule has 1 aromatic rings. The first-order valence-electron chi connectivity index (χ1n) is 9.09. The number of nitrogens with zero attached hydrogens (tertiary/aromatic N) is 2. The number of ketones is 1. The monoisotopic (exact) mass is 367 g/mol. The molecule has 0 atom stereocenters. The molecule has 2 heterocycles. The summed E-state index contributed by atoms with van der Waals surface area (Å²) in [5.74, 6) is 1.50. The molecule has 6 heteroatoms. The standard InChI is InChI=1S/C19H29N3O2.ClH/c1-21-10-12-22(13-11-21)14-18(23)17-4-2-3-5-19(17)24-15-16-6-8-20-9-7-16;/h2-5,16,20H,6-15H2,1H3;1H. The highest BCUT2D eigenvalue weighted by atomic mass is 35.5. The molecule has 1 aromatic carbocycles. The molecular weight excluding hydrogens is 338 g/mol. The van der Waals surface area contributed by atoms with Crippen LogP contribution in [0.2, 0.25) is 0 Å². The summed E-state index contributed by atoms with van der Waals surface area (Å²) < 4.78 is 6.03. The first-order valence-corrected chi connectivity index (χ1v) is 9.09. The van der Waals surface area contributed by atoms with E-state index in [0.717, 1.165) is 63.4 Å². The minimum absolute atomic E-state index is 0. The van der Waals surface area contributed by atoms with E-state index in [0.29, 0.717) is 19.1 Å². The Morgan fingerprint density at radius 1 is 1.16 bits per heavy atom. The number of carbonyl (C=O) groups is 1. The van der Waals surface area contributed by atoms with E-state index in [-0.39, 0.29) is 18.2 Å². The van der Waals surface area contributed by atoms with Gasteiger partial charge in [0.05, 0.1) is 18.7 Å². The van der Waals surface area contributed by atoms with Crippen molar-refractivity contribution in [1.29, 1.82) is 0 Å². The molecule has 3 rings (SSSR count). The Hall–Kier alpha value is -1.14. The second-order valence-electron chi connectivity index (χ2n) is 7.00. The van der Waals surface area contributed by atoms with E-state index < -0.39 is 0 Å². The molecule has 0 saturated carbocycles. The molecule has 5 nitrogen and oxygen atoms in total. The van der Waals surface area contributed by atoms with Gasteiger partial charge >= 0.3 is 0 Å². The summed E-state index contributed by atoms with van der Waals surface area (Å²) in [7, 11) is 2.13. The lowest BCUT2D eigenvalue weighted by molar-refractivity contribution is 0.0871. The van der Waals surface area contributed by atoms with Crippen LogP contribution < -0.4 is 10.1 Å². The van der Waals surface area contributed by atoms with Crippen LogP contribution in [0.5, 0.6) is 5.75 Å². The summed E-state index contributed by atoms with van der Waals surface area (Å²) in [5, 5.41) is 3.37. The molecule has 0 bridgehead atoms. The lowest BCUT2D eigenvalue weighted by Crippen LogP contribution is -2.46. The van der Waals surface area contributed by atoms with Gasteiger partial charge in [-0.3, -0.25) is 9.69 Å². The molecule has 2 aliphatic rings. The van der Waals surface area contributed by atoms with Crippen molar-refractivity contribution in [3.8, 4) is 5.75 Å². The fraction of sp³-hybridized carbons (Fsp3) is 0.632. The van der Waals surface area contributed by atoms with Gasteiger partial charge in [0.1, 0.15) is 5.75 Å². The zero-order valence-corrected chi connectivity index (χ0v) is 15.9. The highest BCUT2D eigenvalue weighted by molar-refractivity contribution is 6.00. The average Bonchev–Trinajstić information content (AvgIpc) is 2.63. The number of hydrogen-bond donors (Lipinski definition) is 1. The molecule has 2 aliphatic heterocycles. The third-order valence-electron chi connectivity index (χ3n) is 5.08. The zero-order chi connectivity index (χ0) is 16.8. The Labute approximate surface area is 157 Å². The van der Waals surface area contributed by atoms with E-state index in [1.54, 1.807) is 0 Å². The number of Topliss-reactive ketones (excluding diaryl/α,β-unsaturated/α-hetero) is 1. The van der Waals surface area contributed by atoms with Crippen molar-refractivity contribution < 1.29 is 9.53 Å². The smallest absolute Gasteiger partial charge is 0.180 e. The quantitative estimate of drug-likeness (QED) is 0.778. The van der Waals surface area contributed by atoms with Crippen LogP contribution in [0.3, 0.4) is 0 Å². The number of benzene rings is 1. The fourth-order valence-electron chi connectivity index (χ4n) is 3.37. The molecule has 0 aromatic heterocycles. The van der Waals surface area contributed by atoms with E-state index in [4.69, 9.17) is 4.74 Å². The van der Waals surface area contributed by atoms with Gasteiger partial charge in [-0.05, 0) is 51.0 Å². The van der Waals surface area contributed by atoms with Gasteiger partial charge in [0.15, 0.2) is 5.78 Å². The summed E-state index contributed by atoms with van der Waals surface area (Å²) in [5.41, 5.74) is 0.727. The van der Waals surface area contributed by atoms with E-state index in [1.165, 1.54) is 0 Å². The maximum Gasteiger partial charge on any atom is 0.180 e. The van der Waals surface area contributed by atoms with Crippen LogP contribution in [0.15, 0.2) is 24.3 Å². The summed E-state index contributed by atoms with van der Waals surface area (Å²) in [6.07, 6.45) is 2.30. The third-order valence-corrected chi connectivity index (χ3v) is 5.08. The minimum atomic E-state index is 0. The summed E-state index contributed by atoms with van der Waals surface area (Å²) in [6, 6.07) is 7.70. The number of para-hydroxylation sites is 1. The predicted molar refractivity (Wildman–Crippen MR) is 103 cm³/mol. The normalized spacial score (nSPS) is 20.0. The Kier molecular flexibility index (Phi) is 8.16. The van der Waals surface area contributed by atoms with Crippen LogP contribution in [-0.2, 0) is 0 Å². The van der Waals surface area contributed by atoms with Gasteiger partial charge < -0.3 is 15.0 Å². The first kappa shape index (κ1) is 20.2. The molecule has 0 aliphatic carbocycles. The summed E-state index contributed by atoms with van der Waals surface area (Å²) >= 11 is 0. The third kappa shape index (κ3) is 5.96. The fourth-order valence-corrected chi connectivity index (χ4v) is 3.37. The average molecular weight is 368 g/mol. The topological polar surface area (TPSA) is 44.8 Å². The van der Waals surface area contributed by atoms with Gasteiger partial charge in [-0.1, -0.05) is 12.1 Å². The molecule has 0 unspecified atom stereocenters. The van der Waals surface area contributed by atoms with Gasteiger partial charge in [0.25, 0.3) is 0 Å². The van der Waals surface area contributed by atoms with Crippen LogP contribution in [-0.4, -0.2) is 75.1 Å². The van der Waals surface area contributed by atoms with Gasteiger partial charge in [0, 0.05) is 26.2 Å². The van der Waals surface area contributed by atoms with E-state index >= 15 is 0 Å². The number of ether oxygens (including phenoxy) is 1. The second kappa shape index (κ2) is 10.1. The van der Waals surface area contributed by atoms with Crippen LogP contribution in [0, 0.1) is 5.92 Å². The van der Waals surface area contributed by atoms with Crippen molar-refractivity contribution in [2.75, 3.05) is 59.5 Å².